The molecule has 1 aliphatic rings. The van der Waals surface area contributed by atoms with E-state index in [1.54, 1.807) is 13.8 Å². The smallest absolute Gasteiger partial charge is 0.306 e. The van der Waals surface area contributed by atoms with Crippen molar-refractivity contribution in [2.24, 2.45) is 5.84 Å². The number of hydrogen-bond acceptors (Lipinski definition) is 5. The zero-order valence-electron chi connectivity index (χ0n) is 17.9. The largest absolute Gasteiger partial charge is 0.347 e. The van der Waals surface area contributed by atoms with E-state index < -0.39 is 36.2 Å². The van der Waals surface area contributed by atoms with Crippen molar-refractivity contribution in [3.8, 4) is 0 Å². The van der Waals surface area contributed by atoms with Crippen LogP contribution >= 0.6 is 46.4 Å². The Bertz CT molecular complexity index is 1150. The number of rotatable bonds is 5. The van der Waals surface area contributed by atoms with Gasteiger partial charge < -0.3 is 10.2 Å². The summed E-state index contributed by atoms with van der Waals surface area (Å²) in [6.45, 7) is 2.72. The molecule has 182 valence electrons. The van der Waals surface area contributed by atoms with Crippen molar-refractivity contribution >= 4 is 75.7 Å². The molecule has 0 saturated carbocycles. The average Bonchev–Trinajstić information content (AvgIpc) is 2.97. The molecule has 5 amide bonds. The molecule has 1 atom stereocenters. The summed E-state index contributed by atoms with van der Waals surface area (Å²) < 4.78 is 0. The lowest BCUT2D eigenvalue weighted by atomic mass is 9.99. The van der Waals surface area contributed by atoms with Gasteiger partial charge in [-0.05, 0) is 50.2 Å². The second-order valence-corrected chi connectivity index (χ2v) is 9.46. The third kappa shape index (κ3) is 4.97. The van der Waals surface area contributed by atoms with Gasteiger partial charge in [0.1, 0.15) is 6.54 Å². The predicted octanol–water partition coefficient (Wildman–Crippen LogP) is 4.56. The first kappa shape index (κ1) is 26.1. The van der Waals surface area contributed by atoms with Crippen molar-refractivity contribution in [1.29, 1.82) is 0 Å². The van der Waals surface area contributed by atoms with E-state index in [1.165, 1.54) is 36.4 Å². The summed E-state index contributed by atoms with van der Waals surface area (Å²) in [5, 5.41) is 14.7. The van der Waals surface area contributed by atoms with E-state index in [4.69, 9.17) is 52.2 Å². The Morgan fingerprint density at radius 3 is 2.21 bits per heavy atom. The SMILES string of the molecule is CC1(C)C(N(O)C(=O)Nc2ccc(Cl)c(Cl)c2)N(c2ccc(Cl)c(Cl)c2)C(=O)N1CC(=O)NN. The molecule has 34 heavy (non-hydrogen) atoms. The van der Waals surface area contributed by atoms with Gasteiger partial charge in [-0.25, -0.2) is 15.4 Å². The Labute approximate surface area is 215 Å². The Hall–Kier alpha value is -2.47. The number of carbonyl (C=O) groups excluding carboxylic acids is 3. The number of benzene rings is 2. The maximum atomic E-state index is 13.4. The summed E-state index contributed by atoms with van der Waals surface area (Å²) in [7, 11) is 0. The molecule has 5 N–H and O–H groups in total. The number of nitrogens with one attached hydrogen (secondary N) is 2. The molecule has 1 heterocycles. The zero-order chi connectivity index (χ0) is 25.4. The molecule has 1 unspecified atom stereocenters. The minimum absolute atomic E-state index is 0.145. The molecule has 2 aromatic carbocycles. The number of hydrogen-bond donors (Lipinski definition) is 4. The summed E-state index contributed by atoms with van der Waals surface area (Å²) in [4.78, 5) is 40.6. The van der Waals surface area contributed by atoms with Crippen molar-refractivity contribution in [2.75, 3.05) is 16.8 Å². The fourth-order valence-corrected chi connectivity index (χ4v) is 4.15. The maximum absolute atomic E-state index is 13.4. The number of carbonyl (C=O) groups is 3. The lowest BCUT2D eigenvalue weighted by Crippen LogP contribution is -2.58. The van der Waals surface area contributed by atoms with Crippen LogP contribution in [0.4, 0.5) is 21.0 Å². The van der Waals surface area contributed by atoms with E-state index in [0.717, 1.165) is 9.80 Å². The number of anilines is 2. The number of amides is 5. The van der Waals surface area contributed by atoms with Crippen molar-refractivity contribution in [3.05, 3.63) is 56.5 Å². The van der Waals surface area contributed by atoms with E-state index >= 15 is 0 Å². The van der Waals surface area contributed by atoms with Crippen LogP contribution in [0.15, 0.2) is 36.4 Å². The maximum Gasteiger partial charge on any atom is 0.347 e. The first-order valence-corrected chi connectivity index (χ1v) is 11.2. The first-order chi connectivity index (χ1) is 15.9. The number of hydroxylamine groups is 2. The van der Waals surface area contributed by atoms with Gasteiger partial charge in [0.25, 0.3) is 5.91 Å². The van der Waals surface area contributed by atoms with E-state index in [9.17, 15) is 19.6 Å². The molecule has 2 aromatic rings. The van der Waals surface area contributed by atoms with Gasteiger partial charge in [-0.1, -0.05) is 46.4 Å². The van der Waals surface area contributed by atoms with Crippen LogP contribution in [0.25, 0.3) is 0 Å². The topological polar surface area (TPSA) is 131 Å². The highest BCUT2D eigenvalue weighted by Gasteiger charge is 2.56. The second kappa shape index (κ2) is 10.0. The lowest BCUT2D eigenvalue weighted by Gasteiger charge is -2.38. The number of urea groups is 2. The normalized spacial score (nSPS) is 17.1. The van der Waals surface area contributed by atoms with Crippen molar-refractivity contribution in [2.45, 2.75) is 25.6 Å². The molecule has 0 aliphatic carbocycles. The Morgan fingerprint density at radius 1 is 1.06 bits per heavy atom. The average molecular weight is 550 g/mol. The number of nitrogens with zero attached hydrogens (tertiary/aromatic N) is 3. The Kier molecular flexibility index (Phi) is 7.71. The number of halogens is 4. The van der Waals surface area contributed by atoms with Crippen LogP contribution in [0.1, 0.15) is 13.8 Å². The molecule has 1 saturated heterocycles. The van der Waals surface area contributed by atoms with E-state index in [-0.39, 0.29) is 31.5 Å². The Balaban J connectivity index is 2.01. The third-order valence-corrected chi connectivity index (χ3v) is 6.74. The quantitative estimate of drug-likeness (QED) is 0.188. The van der Waals surface area contributed by atoms with Crippen LogP contribution in [0.5, 0.6) is 0 Å². The van der Waals surface area contributed by atoms with Gasteiger partial charge in [0.15, 0.2) is 6.17 Å². The van der Waals surface area contributed by atoms with E-state index in [0.29, 0.717) is 5.06 Å². The fourth-order valence-electron chi connectivity index (χ4n) is 3.56. The molecule has 0 bridgehead atoms. The predicted molar refractivity (Wildman–Crippen MR) is 130 cm³/mol. The van der Waals surface area contributed by atoms with E-state index in [2.05, 4.69) is 5.32 Å². The summed E-state index contributed by atoms with van der Waals surface area (Å²) in [6.07, 6.45) is -1.30. The highest BCUT2D eigenvalue weighted by Crippen LogP contribution is 2.39. The number of nitrogens with two attached hydrogens (primary N) is 1. The van der Waals surface area contributed by atoms with Crippen molar-refractivity contribution in [3.63, 3.8) is 0 Å². The summed E-state index contributed by atoms with van der Waals surface area (Å²) in [5.74, 6) is 4.54. The van der Waals surface area contributed by atoms with Gasteiger partial charge in [-0.15, -0.1) is 0 Å². The second-order valence-electron chi connectivity index (χ2n) is 7.84. The monoisotopic (exact) mass is 548 g/mol. The van der Waals surface area contributed by atoms with Crippen LogP contribution in [-0.4, -0.2) is 51.4 Å². The molecule has 1 fully saturated rings. The van der Waals surface area contributed by atoms with Gasteiger partial charge in [0.2, 0.25) is 0 Å². The molecule has 10 nitrogen and oxygen atoms in total. The molecule has 0 aromatic heterocycles. The molecular formula is C20H20Cl4N6O4. The third-order valence-electron chi connectivity index (χ3n) is 5.26. The molecule has 3 rings (SSSR count). The Morgan fingerprint density at radius 2 is 1.65 bits per heavy atom. The van der Waals surface area contributed by atoms with Crippen molar-refractivity contribution in [1.82, 2.24) is 15.4 Å². The minimum Gasteiger partial charge on any atom is -0.306 e. The van der Waals surface area contributed by atoms with Crippen LogP contribution in [0.2, 0.25) is 20.1 Å². The first-order valence-electron chi connectivity index (χ1n) is 9.68. The summed E-state index contributed by atoms with van der Waals surface area (Å²) >= 11 is 24.0. The van der Waals surface area contributed by atoms with Crippen LogP contribution in [-0.2, 0) is 4.79 Å². The highest BCUT2D eigenvalue weighted by molar-refractivity contribution is 6.42. The molecule has 14 heteroatoms. The summed E-state index contributed by atoms with van der Waals surface area (Å²) in [5.41, 5.74) is 1.17. The fraction of sp³-hybridized carbons (Fsp3) is 0.250. The van der Waals surface area contributed by atoms with Gasteiger partial charge in [-0.3, -0.25) is 20.3 Å². The number of hydrazine groups is 1. The minimum atomic E-state index is -1.30. The van der Waals surface area contributed by atoms with Gasteiger partial charge in [0, 0.05) is 11.4 Å². The molecule has 1 aliphatic heterocycles. The van der Waals surface area contributed by atoms with E-state index in [1.807, 2.05) is 5.43 Å². The zero-order valence-corrected chi connectivity index (χ0v) is 20.9. The van der Waals surface area contributed by atoms with Crippen molar-refractivity contribution < 1.29 is 19.6 Å². The lowest BCUT2D eigenvalue weighted by molar-refractivity contribution is -0.124. The molecular weight excluding hydrogens is 530 g/mol. The molecule has 0 radical (unpaired) electrons. The van der Waals surface area contributed by atoms with Gasteiger partial charge >= 0.3 is 12.1 Å². The van der Waals surface area contributed by atoms with Gasteiger partial charge in [-0.2, -0.15) is 5.06 Å². The van der Waals surface area contributed by atoms with Crippen LogP contribution in [0, 0.1) is 0 Å². The van der Waals surface area contributed by atoms with Crippen LogP contribution < -0.4 is 21.5 Å². The standard InChI is InChI=1S/C20H20Cl4N6O4/c1-20(2)17(30(34)18(32)26-10-3-5-12(21)14(23)7-10)29(11-4-6-13(22)15(24)8-11)19(33)28(20)9-16(31)27-25/h3-8,17,34H,9,25H2,1-2H3,(H,26,32)(H,27,31). The molecule has 0 spiro atoms. The van der Waals surface area contributed by atoms with Gasteiger partial charge in [0.05, 0.1) is 25.6 Å². The van der Waals surface area contributed by atoms with Crippen LogP contribution in [0.3, 0.4) is 0 Å². The summed E-state index contributed by atoms with van der Waals surface area (Å²) in [6, 6.07) is 7.06. The highest BCUT2D eigenvalue weighted by atomic mass is 35.5.